The molecule has 1 amide bonds. The van der Waals surface area contributed by atoms with Gasteiger partial charge in [0, 0.05) is 25.6 Å². The topological polar surface area (TPSA) is 122 Å². The van der Waals surface area contributed by atoms with E-state index in [1.165, 1.54) is 13.8 Å². The maximum Gasteiger partial charge on any atom is 0.416 e. The van der Waals surface area contributed by atoms with E-state index in [2.05, 4.69) is 10.6 Å². The SMILES string of the molecule is CC(C)(CCNC(=O)CCNc1ccc(C(F)(F)F)cc1[N+](=O)[O-])C(=O)O. The zero-order chi connectivity index (χ0) is 20.8. The van der Waals surface area contributed by atoms with Crippen LogP contribution in [0.4, 0.5) is 24.5 Å². The standard InChI is InChI=1S/C16H20F3N3O5/c1-15(2,14(24)25)6-8-21-13(23)5-7-20-11-4-3-10(16(17,18)19)9-12(11)22(26)27/h3-4,9,20H,5-8H2,1-2H3,(H,21,23)(H,24,25). The van der Waals surface area contributed by atoms with Gasteiger partial charge in [0.15, 0.2) is 0 Å². The first-order chi connectivity index (χ1) is 12.3. The van der Waals surface area contributed by atoms with Crippen molar-refractivity contribution in [3.05, 3.63) is 33.9 Å². The number of anilines is 1. The van der Waals surface area contributed by atoms with E-state index in [9.17, 15) is 32.9 Å². The predicted octanol–water partition coefficient (Wildman–Crippen LogP) is 3.03. The Kier molecular flexibility index (Phi) is 7.14. The van der Waals surface area contributed by atoms with Crippen LogP contribution < -0.4 is 10.6 Å². The minimum atomic E-state index is -4.70. The van der Waals surface area contributed by atoms with Crippen molar-refractivity contribution >= 4 is 23.3 Å². The molecule has 0 unspecified atom stereocenters. The number of nitrogens with one attached hydrogen (secondary N) is 2. The summed E-state index contributed by atoms with van der Waals surface area (Å²) in [5.41, 5.74) is -3.01. The lowest BCUT2D eigenvalue weighted by molar-refractivity contribution is -0.384. The van der Waals surface area contributed by atoms with Gasteiger partial charge in [-0.2, -0.15) is 13.2 Å². The van der Waals surface area contributed by atoms with E-state index in [0.717, 1.165) is 6.07 Å². The highest BCUT2D eigenvalue weighted by atomic mass is 19.4. The van der Waals surface area contributed by atoms with Crippen molar-refractivity contribution in [3.63, 3.8) is 0 Å². The summed E-state index contributed by atoms with van der Waals surface area (Å²) in [6.45, 7) is 3.14. The first-order valence-electron chi connectivity index (χ1n) is 7.94. The Balaban J connectivity index is 2.57. The van der Waals surface area contributed by atoms with Gasteiger partial charge in [-0.05, 0) is 32.4 Å². The Hall–Kier alpha value is -2.85. The number of nitro groups is 1. The molecule has 1 aromatic rings. The van der Waals surface area contributed by atoms with E-state index in [0.29, 0.717) is 12.1 Å². The van der Waals surface area contributed by atoms with Crippen LogP contribution in [0.3, 0.4) is 0 Å². The summed E-state index contributed by atoms with van der Waals surface area (Å²) in [7, 11) is 0. The molecule has 0 aliphatic carbocycles. The number of hydrogen-bond donors (Lipinski definition) is 3. The molecule has 27 heavy (non-hydrogen) atoms. The highest BCUT2D eigenvalue weighted by Gasteiger charge is 2.33. The number of carbonyl (C=O) groups is 2. The van der Waals surface area contributed by atoms with Crippen LogP contribution in [0, 0.1) is 15.5 Å². The molecule has 0 spiro atoms. The van der Waals surface area contributed by atoms with Gasteiger partial charge in [-0.3, -0.25) is 19.7 Å². The second-order valence-corrected chi connectivity index (χ2v) is 6.45. The third-order valence-corrected chi connectivity index (χ3v) is 3.84. The molecule has 8 nitrogen and oxygen atoms in total. The van der Waals surface area contributed by atoms with Crippen LogP contribution in [-0.2, 0) is 15.8 Å². The molecule has 1 aromatic carbocycles. The van der Waals surface area contributed by atoms with Crippen LogP contribution >= 0.6 is 0 Å². The number of carboxylic acids is 1. The summed E-state index contributed by atoms with van der Waals surface area (Å²) >= 11 is 0. The molecular formula is C16H20F3N3O5. The normalized spacial score (nSPS) is 11.7. The van der Waals surface area contributed by atoms with Crippen LogP contribution in [0.2, 0.25) is 0 Å². The number of alkyl halides is 3. The van der Waals surface area contributed by atoms with Gasteiger partial charge in [0.1, 0.15) is 5.69 Å². The van der Waals surface area contributed by atoms with Crippen molar-refractivity contribution in [2.75, 3.05) is 18.4 Å². The smallest absolute Gasteiger partial charge is 0.416 e. The molecule has 0 saturated carbocycles. The largest absolute Gasteiger partial charge is 0.481 e. The summed E-state index contributed by atoms with van der Waals surface area (Å²) in [6, 6.07) is 2.08. The minimum Gasteiger partial charge on any atom is -0.481 e. The molecular weight excluding hydrogens is 371 g/mol. The molecule has 0 bridgehead atoms. The average Bonchev–Trinajstić information content (AvgIpc) is 2.53. The summed E-state index contributed by atoms with van der Waals surface area (Å²) in [5, 5.41) is 25.0. The quantitative estimate of drug-likeness (QED) is 0.439. The van der Waals surface area contributed by atoms with Gasteiger partial charge in [0.2, 0.25) is 5.91 Å². The third-order valence-electron chi connectivity index (χ3n) is 3.84. The Morgan fingerprint density at radius 2 is 1.85 bits per heavy atom. The molecule has 0 aromatic heterocycles. The second-order valence-electron chi connectivity index (χ2n) is 6.45. The van der Waals surface area contributed by atoms with E-state index in [-0.39, 0.29) is 31.6 Å². The molecule has 0 radical (unpaired) electrons. The number of amides is 1. The van der Waals surface area contributed by atoms with E-state index < -0.39 is 39.6 Å². The number of hydrogen-bond acceptors (Lipinski definition) is 5. The summed E-state index contributed by atoms with van der Waals surface area (Å²) in [4.78, 5) is 32.7. The lowest BCUT2D eigenvalue weighted by Crippen LogP contribution is -2.32. The first kappa shape index (κ1) is 22.2. The zero-order valence-electron chi connectivity index (χ0n) is 14.7. The maximum absolute atomic E-state index is 12.6. The Morgan fingerprint density at radius 1 is 1.22 bits per heavy atom. The van der Waals surface area contributed by atoms with Gasteiger partial charge in [-0.15, -0.1) is 0 Å². The molecule has 0 saturated heterocycles. The van der Waals surface area contributed by atoms with E-state index >= 15 is 0 Å². The fourth-order valence-corrected chi connectivity index (χ4v) is 2.03. The third kappa shape index (κ3) is 6.76. The zero-order valence-corrected chi connectivity index (χ0v) is 14.7. The molecule has 11 heteroatoms. The number of carbonyl (C=O) groups excluding carboxylic acids is 1. The number of nitrogens with zero attached hydrogens (tertiary/aromatic N) is 1. The van der Waals surface area contributed by atoms with Crippen molar-refractivity contribution in [2.24, 2.45) is 5.41 Å². The van der Waals surface area contributed by atoms with Crippen molar-refractivity contribution in [1.29, 1.82) is 0 Å². The van der Waals surface area contributed by atoms with Crippen molar-refractivity contribution in [2.45, 2.75) is 32.9 Å². The molecule has 0 aliphatic rings. The monoisotopic (exact) mass is 391 g/mol. The van der Waals surface area contributed by atoms with Crippen LogP contribution in [0.15, 0.2) is 18.2 Å². The minimum absolute atomic E-state index is 0.0413. The molecule has 0 atom stereocenters. The van der Waals surface area contributed by atoms with Gasteiger partial charge in [-0.25, -0.2) is 0 Å². The maximum atomic E-state index is 12.6. The fourth-order valence-electron chi connectivity index (χ4n) is 2.03. The summed E-state index contributed by atoms with van der Waals surface area (Å²) in [5.74, 6) is -1.41. The van der Waals surface area contributed by atoms with Crippen LogP contribution in [0.25, 0.3) is 0 Å². The molecule has 0 heterocycles. The fraction of sp³-hybridized carbons (Fsp3) is 0.500. The van der Waals surface area contributed by atoms with Crippen LogP contribution in [0.1, 0.15) is 32.3 Å². The number of nitro benzene ring substituents is 1. The van der Waals surface area contributed by atoms with Gasteiger partial charge in [0.05, 0.1) is 15.9 Å². The number of aliphatic carboxylic acids is 1. The predicted molar refractivity (Wildman–Crippen MR) is 90.2 cm³/mol. The van der Waals surface area contributed by atoms with Gasteiger partial charge in [-0.1, -0.05) is 0 Å². The first-order valence-corrected chi connectivity index (χ1v) is 7.94. The molecule has 0 aliphatic heterocycles. The summed E-state index contributed by atoms with van der Waals surface area (Å²) < 4.78 is 37.9. The highest BCUT2D eigenvalue weighted by molar-refractivity contribution is 5.77. The highest BCUT2D eigenvalue weighted by Crippen LogP contribution is 2.34. The average molecular weight is 391 g/mol. The van der Waals surface area contributed by atoms with E-state index in [1.54, 1.807) is 0 Å². The molecule has 0 fully saturated rings. The Labute approximate surface area is 152 Å². The van der Waals surface area contributed by atoms with Crippen LogP contribution in [-0.4, -0.2) is 35.0 Å². The molecule has 1 rings (SSSR count). The number of halogens is 3. The number of benzene rings is 1. The summed E-state index contributed by atoms with van der Waals surface area (Å²) in [6.07, 6.45) is -4.58. The number of rotatable bonds is 9. The van der Waals surface area contributed by atoms with Gasteiger partial charge in [0.25, 0.3) is 5.69 Å². The van der Waals surface area contributed by atoms with Crippen LogP contribution in [0.5, 0.6) is 0 Å². The molecule has 3 N–H and O–H groups in total. The van der Waals surface area contributed by atoms with Gasteiger partial charge >= 0.3 is 12.1 Å². The van der Waals surface area contributed by atoms with Gasteiger partial charge < -0.3 is 15.7 Å². The van der Waals surface area contributed by atoms with E-state index in [1.807, 2.05) is 0 Å². The lowest BCUT2D eigenvalue weighted by atomic mass is 9.90. The second kappa shape index (κ2) is 8.69. The van der Waals surface area contributed by atoms with Crippen molar-refractivity contribution in [3.8, 4) is 0 Å². The van der Waals surface area contributed by atoms with Crippen molar-refractivity contribution in [1.82, 2.24) is 5.32 Å². The Morgan fingerprint density at radius 3 is 2.37 bits per heavy atom. The van der Waals surface area contributed by atoms with Crippen molar-refractivity contribution < 1.29 is 32.8 Å². The Bertz CT molecular complexity index is 720. The molecule has 150 valence electrons. The van der Waals surface area contributed by atoms with E-state index in [4.69, 9.17) is 5.11 Å². The lowest BCUT2D eigenvalue weighted by Gasteiger charge is -2.18. The number of carboxylic acid groups (broad SMARTS) is 1.